The molecule has 0 radical (unpaired) electrons. The summed E-state index contributed by atoms with van der Waals surface area (Å²) >= 11 is 0. The van der Waals surface area contributed by atoms with Gasteiger partial charge in [0.15, 0.2) is 0 Å². The number of fused-ring (bicyclic) bond motifs is 1. The van der Waals surface area contributed by atoms with Gasteiger partial charge in [-0.05, 0) is 36.8 Å². The van der Waals surface area contributed by atoms with Crippen LogP contribution in [0.4, 0.5) is 4.39 Å². The second kappa shape index (κ2) is 4.96. The lowest BCUT2D eigenvalue weighted by atomic mass is 10.1. The van der Waals surface area contributed by atoms with E-state index in [0.717, 1.165) is 0 Å². The topological polar surface area (TPSA) is 58.5 Å². The maximum atomic E-state index is 13.2. The van der Waals surface area contributed by atoms with E-state index < -0.39 is 10.0 Å². The Balaban J connectivity index is 2.02. The van der Waals surface area contributed by atoms with Gasteiger partial charge in [0.05, 0.1) is 10.9 Å². The third-order valence-corrected chi connectivity index (χ3v) is 4.71. The molecule has 0 saturated heterocycles. The summed E-state index contributed by atoms with van der Waals surface area (Å²) in [5.74, 6) is -0.0469. The quantitative estimate of drug-likeness (QED) is 0.927. The van der Waals surface area contributed by atoms with Gasteiger partial charge in [0.2, 0.25) is 0 Å². The van der Waals surface area contributed by atoms with Crippen LogP contribution < -0.4 is 4.72 Å². The van der Waals surface area contributed by atoms with Crippen LogP contribution in [-0.4, -0.2) is 14.3 Å². The molecular formula is C15H13FN2O2S. The fourth-order valence-corrected chi connectivity index (χ4v) is 3.50. The second-order valence-electron chi connectivity index (χ2n) is 4.81. The molecule has 2 aromatic carbocycles. The predicted molar refractivity (Wildman–Crippen MR) is 78.1 cm³/mol. The third-order valence-electron chi connectivity index (χ3n) is 3.32. The highest BCUT2D eigenvalue weighted by atomic mass is 32.2. The SMILES string of the molecule is CC(N=C1NS(=O)(=O)c2ccccc21)c1cccc(F)c1. The van der Waals surface area contributed by atoms with E-state index >= 15 is 0 Å². The van der Waals surface area contributed by atoms with Crippen LogP contribution in [0.3, 0.4) is 0 Å². The number of rotatable bonds is 2. The number of nitrogens with one attached hydrogen (secondary N) is 1. The second-order valence-corrected chi connectivity index (χ2v) is 6.46. The molecule has 0 saturated carbocycles. The summed E-state index contributed by atoms with van der Waals surface area (Å²) in [6, 6.07) is 12.4. The lowest BCUT2D eigenvalue weighted by Gasteiger charge is -2.08. The zero-order valence-electron chi connectivity index (χ0n) is 11.2. The number of amidine groups is 1. The Bertz CT molecular complexity index is 831. The summed E-state index contributed by atoms with van der Waals surface area (Å²) in [6.07, 6.45) is 0. The van der Waals surface area contributed by atoms with Gasteiger partial charge in [-0.2, -0.15) is 0 Å². The molecular weight excluding hydrogens is 291 g/mol. The number of nitrogens with zero attached hydrogens (tertiary/aromatic N) is 1. The maximum Gasteiger partial charge on any atom is 0.263 e. The van der Waals surface area contributed by atoms with E-state index in [1.54, 1.807) is 37.3 Å². The predicted octanol–water partition coefficient (Wildman–Crippen LogP) is 2.63. The van der Waals surface area contributed by atoms with Gasteiger partial charge in [0, 0.05) is 5.56 Å². The van der Waals surface area contributed by atoms with E-state index in [2.05, 4.69) is 9.71 Å². The van der Waals surface area contributed by atoms with Gasteiger partial charge >= 0.3 is 0 Å². The first-order chi connectivity index (χ1) is 9.97. The van der Waals surface area contributed by atoms with Crippen molar-refractivity contribution in [2.24, 2.45) is 4.99 Å². The van der Waals surface area contributed by atoms with E-state index in [9.17, 15) is 12.8 Å². The Morgan fingerprint density at radius 3 is 2.67 bits per heavy atom. The Kier molecular flexibility index (Phi) is 3.25. The molecule has 1 unspecified atom stereocenters. The fourth-order valence-electron chi connectivity index (χ4n) is 2.26. The van der Waals surface area contributed by atoms with Gasteiger partial charge < -0.3 is 0 Å². The number of hydrogen-bond acceptors (Lipinski definition) is 3. The van der Waals surface area contributed by atoms with E-state index in [1.807, 2.05) is 0 Å². The van der Waals surface area contributed by atoms with E-state index in [0.29, 0.717) is 17.0 Å². The van der Waals surface area contributed by atoms with Crippen molar-refractivity contribution < 1.29 is 12.8 Å². The average molecular weight is 304 g/mol. The zero-order chi connectivity index (χ0) is 15.0. The molecule has 1 atom stereocenters. The molecule has 1 aliphatic heterocycles. The molecule has 1 heterocycles. The lowest BCUT2D eigenvalue weighted by Crippen LogP contribution is -2.22. The van der Waals surface area contributed by atoms with Crippen LogP contribution in [0.5, 0.6) is 0 Å². The summed E-state index contributed by atoms with van der Waals surface area (Å²) in [6.45, 7) is 1.79. The molecule has 0 spiro atoms. The number of hydrogen-bond donors (Lipinski definition) is 1. The van der Waals surface area contributed by atoms with Crippen LogP contribution in [0, 0.1) is 5.82 Å². The summed E-state index contributed by atoms with van der Waals surface area (Å²) in [5, 5.41) is 0. The fraction of sp³-hybridized carbons (Fsp3) is 0.133. The van der Waals surface area contributed by atoms with Crippen LogP contribution in [0.2, 0.25) is 0 Å². The molecule has 0 fully saturated rings. The molecule has 0 amide bonds. The van der Waals surface area contributed by atoms with Crippen molar-refractivity contribution in [3.8, 4) is 0 Å². The molecule has 1 aliphatic rings. The van der Waals surface area contributed by atoms with E-state index in [4.69, 9.17) is 0 Å². The largest absolute Gasteiger partial charge is 0.263 e. The Morgan fingerprint density at radius 2 is 1.90 bits per heavy atom. The first-order valence-electron chi connectivity index (χ1n) is 6.43. The van der Waals surface area contributed by atoms with Crippen LogP contribution in [0.15, 0.2) is 58.4 Å². The van der Waals surface area contributed by atoms with Crippen molar-refractivity contribution in [1.82, 2.24) is 4.72 Å². The van der Waals surface area contributed by atoms with Crippen LogP contribution >= 0.6 is 0 Å². The Hall–Kier alpha value is -2.21. The molecule has 2 aromatic rings. The number of halogens is 1. The van der Waals surface area contributed by atoms with Crippen molar-refractivity contribution in [3.05, 3.63) is 65.5 Å². The van der Waals surface area contributed by atoms with Gasteiger partial charge in [-0.3, -0.25) is 9.71 Å². The molecule has 4 nitrogen and oxygen atoms in total. The minimum Gasteiger partial charge on any atom is -0.263 e. The number of benzene rings is 2. The molecule has 1 N–H and O–H groups in total. The van der Waals surface area contributed by atoms with Crippen molar-refractivity contribution in [2.75, 3.05) is 0 Å². The van der Waals surface area contributed by atoms with Crippen LogP contribution in [0.1, 0.15) is 24.1 Å². The summed E-state index contributed by atoms with van der Waals surface area (Å²) in [5.41, 5.74) is 1.23. The van der Waals surface area contributed by atoms with E-state index in [-0.39, 0.29) is 16.8 Å². The minimum atomic E-state index is -3.55. The standard InChI is InChI=1S/C15H13FN2O2S/c1-10(11-5-4-6-12(16)9-11)17-15-13-7-2-3-8-14(13)21(19,20)18-15/h2-10H,1H3,(H,17,18). The lowest BCUT2D eigenvalue weighted by molar-refractivity contribution is 0.595. The van der Waals surface area contributed by atoms with Crippen molar-refractivity contribution in [2.45, 2.75) is 17.9 Å². The minimum absolute atomic E-state index is 0.218. The zero-order valence-corrected chi connectivity index (χ0v) is 12.1. The van der Waals surface area contributed by atoms with Crippen LogP contribution in [-0.2, 0) is 10.0 Å². The number of aliphatic imine (C=N–C) groups is 1. The first kappa shape index (κ1) is 13.8. The van der Waals surface area contributed by atoms with Crippen molar-refractivity contribution in [1.29, 1.82) is 0 Å². The highest BCUT2D eigenvalue weighted by Crippen LogP contribution is 2.25. The highest BCUT2D eigenvalue weighted by molar-refractivity contribution is 7.90. The molecule has 0 aliphatic carbocycles. The van der Waals surface area contributed by atoms with Crippen molar-refractivity contribution >= 4 is 15.9 Å². The maximum absolute atomic E-state index is 13.2. The van der Waals surface area contributed by atoms with Crippen molar-refractivity contribution in [3.63, 3.8) is 0 Å². The highest BCUT2D eigenvalue weighted by Gasteiger charge is 2.30. The molecule has 21 heavy (non-hydrogen) atoms. The molecule has 3 rings (SSSR count). The monoisotopic (exact) mass is 304 g/mol. The first-order valence-corrected chi connectivity index (χ1v) is 7.91. The Labute approximate surface area is 122 Å². The van der Waals surface area contributed by atoms with Gasteiger partial charge in [0.25, 0.3) is 10.0 Å². The normalized spacial score (nSPS) is 19.0. The van der Waals surface area contributed by atoms with Gasteiger partial charge in [0.1, 0.15) is 11.7 Å². The molecule has 0 bridgehead atoms. The van der Waals surface area contributed by atoms with Gasteiger partial charge in [-0.25, -0.2) is 12.8 Å². The average Bonchev–Trinajstić information content (AvgIpc) is 2.71. The molecule has 0 aromatic heterocycles. The number of sulfonamides is 1. The van der Waals surface area contributed by atoms with E-state index in [1.165, 1.54) is 18.2 Å². The molecule has 108 valence electrons. The smallest absolute Gasteiger partial charge is 0.263 e. The Morgan fingerprint density at radius 1 is 1.14 bits per heavy atom. The molecule has 6 heteroatoms. The summed E-state index contributed by atoms with van der Waals surface area (Å²) in [7, 11) is -3.55. The van der Waals surface area contributed by atoms with Gasteiger partial charge in [-0.15, -0.1) is 0 Å². The summed E-state index contributed by atoms with van der Waals surface area (Å²) < 4.78 is 39.6. The third kappa shape index (κ3) is 2.54. The summed E-state index contributed by atoms with van der Waals surface area (Å²) in [4.78, 5) is 4.60. The van der Waals surface area contributed by atoms with Crippen LogP contribution in [0.25, 0.3) is 0 Å². The van der Waals surface area contributed by atoms with Gasteiger partial charge in [-0.1, -0.05) is 24.3 Å².